The van der Waals surface area contributed by atoms with E-state index in [1.54, 1.807) is 0 Å². The third-order valence-electron chi connectivity index (χ3n) is 0.578. The number of thiol groups is 1. The van der Waals surface area contributed by atoms with Gasteiger partial charge < -0.3 is 0 Å². The highest BCUT2D eigenvalue weighted by molar-refractivity contribution is 7.72. The average Bonchev–Trinajstić information content (AvgIpc) is 1.59. The van der Waals surface area contributed by atoms with Crippen molar-refractivity contribution in [3.8, 4) is 0 Å². The maximum atomic E-state index is 9.91. The van der Waals surface area contributed by atoms with Crippen molar-refractivity contribution in [1.29, 1.82) is 0 Å². The molecule has 0 aliphatic carbocycles. The van der Waals surface area contributed by atoms with Crippen molar-refractivity contribution in [1.82, 2.24) is 0 Å². The largest absolute Gasteiger partial charge is 0.232 e. The fourth-order valence-corrected chi connectivity index (χ4v) is 1.41. The number of hydrogen-bond donors (Lipinski definition) is 1. The van der Waals surface area contributed by atoms with Crippen LogP contribution in [0.15, 0.2) is 0 Å². The van der Waals surface area contributed by atoms with Gasteiger partial charge in [-0.2, -0.15) is 0 Å². The first-order valence-electron chi connectivity index (χ1n) is 2.10. The van der Waals surface area contributed by atoms with Crippen LogP contribution in [0.5, 0.6) is 0 Å². The van der Waals surface area contributed by atoms with Crippen molar-refractivity contribution < 1.29 is 8.42 Å². The molecule has 0 fully saturated rings. The molecule has 6 heteroatoms. The molecule has 0 radical (unpaired) electrons. The summed E-state index contributed by atoms with van der Waals surface area (Å²) in [6.45, 7) is 0. The Hall–Kier alpha value is 0.820. The Labute approximate surface area is 70.0 Å². The molecule has 0 aliphatic heterocycles. The minimum atomic E-state index is -2.42. The Morgan fingerprint density at radius 1 is 1.22 bits per heavy atom. The molecule has 0 aromatic heterocycles. The predicted octanol–water partition coefficient (Wildman–Crippen LogP) is 1.36. The summed E-state index contributed by atoms with van der Waals surface area (Å²) < 4.78 is 18.4. The van der Waals surface area contributed by atoms with Gasteiger partial charge in [-0.15, -0.1) is 0 Å². The summed E-state index contributed by atoms with van der Waals surface area (Å²) in [7, 11) is -2.42. The van der Waals surface area contributed by atoms with Crippen molar-refractivity contribution in [3.63, 3.8) is 0 Å². The van der Waals surface area contributed by atoms with Crippen LogP contribution in [0.1, 0.15) is 6.42 Å². The monoisotopic (exact) mass is 210 g/mol. The van der Waals surface area contributed by atoms with E-state index in [9.17, 15) is 8.42 Å². The van der Waals surface area contributed by atoms with Gasteiger partial charge in [0.1, 0.15) is 10.7 Å². The molecule has 0 aromatic rings. The van der Waals surface area contributed by atoms with Crippen molar-refractivity contribution in [3.05, 3.63) is 0 Å². The Morgan fingerprint density at radius 2 is 1.67 bits per heavy atom. The SMILES string of the molecule is O=[SH](=O)CCC(Cl)(Cl)Cl. The van der Waals surface area contributed by atoms with E-state index in [4.69, 9.17) is 34.8 Å². The van der Waals surface area contributed by atoms with Gasteiger partial charge in [-0.05, 0) is 0 Å². The van der Waals surface area contributed by atoms with E-state index in [1.807, 2.05) is 0 Å². The average molecular weight is 211 g/mol. The summed E-state index contributed by atoms with van der Waals surface area (Å²) in [6.07, 6.45) is 0.0520. The summed E-state index contributed by atoms with van der Waals surface area (Å²) in [5.74, 6) is -0.0775. The zero-order valence-electron chi connectivity index (χ0n) is 4.31. The lowest BCUT2D eigenvalue weighted by Crippen LogP contribution is -2.05. The Morgan fingerprint density at radius 3 is 1.78 bits per heavy atom. The third kappa shape index (κ3) is 8.82. The first kappa shape index (κ1) is 9.82. The maximum Gasteiger partial charge on any atom is 0.191 e. The molecule has 2 nitrogen and oxygen atoms in total. The third-order valence-corrected chi connectivity index (χ3v) is 1.73. The molecule has 0 aromatic carbocycles. The molecule has 0 unspecified atom stereocenters. The molecule has 0 heterocycles. The van der Waals surface area contributed by atoms with Gasteiger partial charge in [-0.1, -0.05) is 34.8 Å². The molecule has 9 heavy (non-hydrogen) atoms. The summed E-state index contributed by atoms with van der Waals surface area (Å²) in [4.78, 5) is 0. The van der Waals surface area contributed by atoms with Crippen LogP contribution >= 0.6 is 34.8 Å². The molecule has 0 bridgehead atoms. The molecular weight excluding hydrogens is 206 g/mol. The van der Waals surface area contributed by atoms with E-state index in [2.05, 4.69) is 0 Å². The van der Waals surface area contributed by atoms with Gasteiger partial charge in [0.05, 0.1) is 5.75 Å². The summed E-state index contributed by atoms with van der Waals surface area (Å²) in [5.41, 5.74) is 0. The minimum absolute atomic E-state index is 0.0520. The van der Waals surface area contributed by atoms with Gasteiger partial charge in [0.2, 0.25) is 0 Å². The summed E-state index contributed by atoms with van der Waals surface area (Å²) in [6, 6.07) is 0. The van der Waals surface area contributed by atoms with Gasteiger partial charge in [0, 0.05) is 6.42 Å². The van der Waals surface area contributed by atoms with Crippen LogP contribution in [0.4, 0.5) is 0 Å². The number of hydrogen-bond acceptors (Lipinski definition) is 2. The second kappa shape index (κ2) is 3.86. The first-order chi connectivity index (χ1) is 3.92. The maximum absolute atomic E-state index is 9.91. The quantitative estimate of drug-likeness (QED) is 0.553. The van der Waals surface area contributed by atoms with E-state index in [0.717, 1.165) is 0 Å². The second-order valence-corrected chi connectivity index (χ2v) is 5.05. The fourth-order valence-electron chi connectivity index (χ4n) is 0.218. The molecule has 0 amide bonds. The van der Waals surface area contributed by atoms with E-state index in [-0.39, 0.29) is 12.2 Å². The highest BCUT2D eigenvalue weighted by Crippen LogP contribution is 2.29. The molecule has 0 rings (SSSR count). The van der Waals surface area contributed by atoms with Crippen LogP contribution in [-0.2, 0) is 10.7 Å². The Balaban J connectivity index is 3.52. The summed E-state index contributed by atoms with van der Waals surface area (Å²) in [5, 5.41) is 0. The van der Waals surface area contributed by atoms with Crippen LogP contribution in [0.3, 0.4) is 0 Å². The Bertz CT molecular complexity index is 140. The van der Waals surface area contributed by atoms with Crippen LogP contribution in [-0.4, -0.2) is 18.0 Å². The van der Waals surface area contributed by atoms with Gasteiger partial charge in [0.25, 0.3) is 0 Å². The number of rotatable bonds is 2. The fraction of sp³-hybridized carbons (Fsp3) is 1.00. The van der Waals surface area contributed by atoms with Crippen LogP contribution in [0.25, 0.3) is 0 Å². The van der Waals surface area contributed by atoms with Crippen LogP contribution in [0, 0.1) is 0 Å². The molecule has 0 saturated carbocycles. The molecule has 0 atom stereocenters. The highest BCUT2D eigenvalue weighted by Gasteiger charge is 2.18. The molecule has 0 aliphatic rings. The lowest BCUT2D eigenvalue weighted by atomic mass is 10.6. The lowest BCUT2D eigenvalue weighted by Gasteiger charge is -2.05. The van der Waals surface area contributed by atoms with E-state index in [1.165, 1.54) is 0 Å². The number of alkyl halides is 3. The van der Waals surface area contributed by atoms with Gasteiger partial charge in [-0.25, -0.2) is 8.42 Å². The van der Waals surface area contributed by atoms with E-state index < -0.39 is 14.5 Å². The standard InChI is InChI=1S/C3H5Cl3O2S/c4-3(5,6)1-2-9(7)8/h9H,1-2H2. The predicted molar refractivity (Wildman–Crippen MR) is 40.1 cm³/mol. The smallest absolute Gasteiger partial charge is 0.191 e. The molecule has 0 saturated heterocycles. The van der Waals surface area contributed by atoms with E-state index in [0.29, 0.717) is 0 Å². The van der Waals surface area contributed by atoms with Crippen molar-refractivity contribution in [2.45, 2.75) is 10.2 Å². The first-order valence-corrected chi connectivity index (χ1v) is 4.60. The van der Waals surface area contributed by atoms with Crippen molar-refractivity contribution >= 4 is 45.5 Å². The van der Waals surface area contributed by atoms with E-state index >= 15 is 0 Å². The molecule has 56 valence electrons. The van der Waals surface area contributed by atoms with Gasteiger partial charge in [0.15, 0.2) is 3.79 Å². The summed E-state index contributed by atoms with van der Waals surface area (Å²) >= 11 is 15.7. The number of halogens is 3. The minimum Gasteiger partial charge on any atom is -0.232 e. The van der Waals surface area contributed by atoms with Crippen LogP contribution < -0.4 is 0 Å². The molecule has 0 N–H and O–H groups in total. The molecular formula is C3H5Cl3O2S. The topological polar surface area (TPSA) is 34.1 Å². The van der Waals surface area contributed by atoms with Gasteiger partial charge >= 0.3 is 0 Å². The van der Waals surface area contributed by atoms with Crippen molar-refractivity contribution in [2.24, 2.45) is 0 Å². The van der Waals surface area contributed by atoms with Crippen LogP contribution in [0.2, 0.25) is 0 Å². The zero-order chi connectivity index (χ0) is 7.49. The Kier molecular flexibility index (Phi) is 4.21. The molecule has 0 spiro atoms. The van der Waals surface area contributed by atoms with Crippen molar-refractivity contribution in [2.75, 3.05) is 5.75 Å². The lowest BCUT2D eigenvalue weighted by molar-refractivity contribution is 0.612. The second-order valence-electron chi connectivity index (χ2n) is 1.42. The van der Waals surface area contributed by atoms with Gasteiger partial charge in [-0.3, -0.25) is 0 Å². The highest BCUT2D eigenvalue weighted by atomic mass is 35.6. The zero-order valence-corrected chi connectivity index (χ0v) is 7.47. The normalized spacial score (nSPS) is 12.4.